The van der Waals surface area contributed by atoms with Gasteiger partial charge in [0.05, 0.1) is 9.35 Å². The molecule has 0 aliphatic rings. The van der Waals surface area contributed by atoms with E-state index in [0.29, 0.717) is 10.6 Å². The molecule has 5 heteroatoms. The van der Waals surface area contributed by atoms with Crippen molar-refractivity contribution in [2.24, 2.45) is 0 Å². The van der Waals surface area contributed by atoms with Crippen LogP contribution in [0.4, 0.5) is 5.69 Å². The number of halogens is 2. The molecule has 82 valence electrons. The molecule has 2 rings (SSSR count). The standard InChI is InChI=1S/C11H7BrClNOS/c12-10-5-7(6-16-10)11(15)14-9-3-1-8(13)2-4-9/h1-6H,(H,14,15). The Morgan fingerprint density at radius 3 is 2.56 bits per heavy atom. The van der Waals surface area contributed by atoms with E-state index in [0.717, 1.165) is 9.47 Å². The van der Waals surface area contributed by atoms with Crippen LogP contribution in [-0.2, 0) is 0 Å². The lowest BCUT2D eigenvalue weighted by molar-refractivity contribution is 0.102. The van der Waals surface area contributed by atoms with E-state index in [1.165, 1.54) is 11.3 Å². The molecule has 1 heterocycles. The Balaban J connectivity index is 2.10. The van der Waals surface area contributed by atoms with Gasteiger partial charge >= 0.3 is 0 Å². The van der Waals surface area contributed by atoms with Gasteiger partial charge in [-0.05, 0) is 46.3 Å². The zero-order valence-electron chi connectivity index (χ0n) is 8.04. The normalized spacial score (nSPS) is 10.1. The van der Waals surface area contributed by atoms with Crippen molar-refractivity contribution in [1.82, 2.24) is 0 Å². The molecule has 2 nitrogen and oxygen atoms in total. The smallest absolute Gasteiger partial charge is 0.256 e. The first-order valence-corrected chi connectivity index (χ1v) is 6.51. The highest BCUT2D eigenvalue weighted by molar-refractivity contribution is 9.11. The lowest BCUT2D eigenvalue weighted by atomic mass is 10.3. The molecule has 1 aromatic carbocycles. The Labute approximate surface area is 110 Å². The number of amides is 1. The van der Waals surface area contributed by atoms with Crippen LogP contribution in [0.1, 0.15) is 10.4 Å². The molecule has 16 heavy (non-hydrogen) atoms. The van der Waals surface area contributed by atoms with Crippen LogP contribution in [0, 0.1) is 0 Å². The predicted molar refractivity (Wildman–Crippen MR) is 71.4 cm³/mol. The molecule has 0 aliphatic carbocycles. The zero-order valence-corrected chi connectivity index (χ0v) is 11.2. The van der Waals surface area contributed by atoms with Crippen LogP contribution in [0.5, 0.6) is 0 Å². The molecule has 0 unspecified atom stereocenters. The minimum absolute atomic E-state index is 0.121. The van der Waals surface area contributed by atoms with E-state index in [1.54, 1.807) is 35.7 Å². The summed E-state index contributed by atoms with van der Waals surface area (Å²) >= 11 is 10.5. The van der Waals surface area contributed by atoms with Crippen LogP contribution in [0.15, 0.2) is 39.5 Å². The third-order valence-corrected chi connectivity index (χ3v) is 3.69. The van der Waals surface area contributed by atoms with E-state index in [4.69, 9.17) is 11.6 Å². The molecule has 0 aliphatic heterocycles. The highest BCUT2D eigenvalue weighted by atomic mass is 79.9. The second-order valence-electron chi connectivity index (χ2n) is 3.10. The molecule has 2 aromatic rings. The summed E-state index contributed by atoms with van der Waals surface area (Å²) in [6, 6.07) is 8.79. The zero-order chi connectivity index (χ0) is 11.5. The number of carbonyl (C=O) groups is 1. The largest absolute Gasteiger partial charge is 0.322 e. The van der Waals surface area contributed by atoms with Crippen LogP contribution < -0.4 is 5.32 Å². The van der Waals surface area contributed by atoms with Crippen molar-refractivity contribution >= 4 is 50.5 Å². The van der Waals surface area contributed by atoms with Crippen molar-refractivity contribution in [1.29, 1.82) is 0 Å². The molecule has 0 radical (unpaired) electrons. The van der Waals surface area contributed by atoms with Gasteiger partial charge in [-0.15, -0.1) is 11.3 Å². The van der Waals surface area contributed by atoms with Gasteiger partial charge in [-0.2, -0.15) is 0 Å². The van der Waals surface area contributed by atoms with Gasteiger partial charge in [0.25, 0.3) is 5.91 Å². The topological polar surface area (TPSA) is 29.1 Å². The summed E-state index contributed by atoms with van der Waals surface area (Å²) in [7, 11) is 0. The molecule has 0 saturated carbocycles. The Kier molecular flexibility index (Phi) is 3.63. The number of hydrogen-bond acceptors (Lipinski definition) is 2. The molecule has 0 spiro atoms. The number of hydrogen-bond donors (Lipinski definition) is 1. The second kappa shape index (κ2) is 4.99. The van der Waals surface area contributed by atoms with Gasteiger partial charge < -0.3 is 5.32 Å². The molecule has 1 amide bonds. The van der Waals surface area contributed by atoms with Crippen molar-refractivity contribution in [2.75, 3.05) is 5.32 Å². The minimum atomic E-state index is -0.121. The summed E-state index contributed by atoms with van der Waals surface area (Å²) < 4.78 is 0.939. The van der Waals surface area contributed by atoms with E-state index in [9.17, 15) is 4.79 Å². The van der Waals surface area contributed by atoms with E-state index >= 15 is 0 Å². The third-order valence-electron chi connectivity index (χ3n) is 1.93. The van der Waals surface area contributed by atoms with Gasteiger partial charge in [0.15, 0.2) is 0 Å². The SMILES string of the molecule is O=C(Nc1ccc(Cl)cc1)c1csc(Br)c1. The van der Waals surface area contributed by atoms with Crippen molar-refractivity contribution in [2.45, 2.75) is 0 Å². The monoisotopic (exact) mass is 315 g/mol. The van der Waals surface area contributed by atoms with Gasteiger partial charge in [-0.25, -0.2) is 0 Å². The number of nitrogens with one attached hydrogen (secondary N) is 1. The lowest BCUT2D eigenvalue weighted by Crippen LogP contribution is -2.10. The lowest BCUT2D eigenvalue weighted by Gasteiger charge is -2.03. The Morgan fingerprint density at radius 2 is 2.00 bits per heavy atom. The van der Waals surface area contributed by atoms with Gasteiger partial charge in [0, 0.05) is 16.1 Å². The number of benzene rings is 1. The van der Waals surface area contributed by atoms with Crippen LogP contribution in [-0.4, -0.2) is 5.91 Å². The first-order chi connectivity index (χ1) is 7.65. The number of thiophene rings is 1. The molecule has 0 bridgehead atoms. The molecular weight excluding hydrogens is 310 g/mol. The number of carbonyl (C=O) groups excluding carboxylic acids is 1. The summed E-state index contributed by atoms with van der Waals surface area (Å²) in [5.74, 6) is -0.121. The van der Waals surface area contributed by atoms with Crippen LogP contribution in [0.2, 0.25) is 5.02 Å². The molecular formula is C11H7BrClNOS. The first-order valence-electron chi connectivity index (χ1n) is 4.46. The third kappa shape index (κ3) is 2.84. The maximum atomic E-state index is 11.8. The minimum Gasteiger partial charge on any atom is -0.322 e. The van der Waals surface area contributed by atoms with Gasteiger partial charge in [0.2, 0.25) is 0 Å². The summed E-state index contributed by atoms with van der Waals surface area (Å²) in [4.78, 5) is 11.8. The van der Waals surface area contributed by atoms with E-state index in [1.807, 2.05) is 0 Å². The fourth-order valence-electron chi connectivity index (χ4n) is 1.17. The average molecular weight is 317 g/mol. The van der Waals surface area contributed by atoms with Crippen molar-refractivity contribution < 1.29 is 4.79 Å². The summed E-state index contributed by atoms with van der Waals surface area (Å²) in [6.07, 6.45) is 0. The highest BCUT2D eigenvalue weighted by Gasteiger charge is 2.07. The van der Waals surface area contributed by atoms with Crippen LogP contribution in [0.3, 0.4) is 0 Å². The second-order valence-corrected chi connectivity index (χ2v) is 5.83. The maximum Gasteiger partial charge on any atom is 0.256 e. The fourth-order valence-corrected chi connectivity index (χ4v) is 2.43. The van der Waals surface area contributed by atoms with Gasteiger partial charge in [-0.3, -0.25) is 4.79 Å². The average Bonchev–Trinajstić information content (AvgIpc) is 2.68. The number of rotatable bonds is 2. The Bertz CT molecular complexity index is 509. The summed E-state index contributed by atoms with van der Waals surface area (Å²) in [5.41, 5.74) is 1.38. The van der Waals surface area contributed by atoms with Gasteiger partial charge in [-0.1, -0.05) is 11.6 Å². The predicted octanol–water partition coefficient (Wildman–Crippen LogP) is 4.42. The van der Waals surface area contributed by atoms with Crippen molar-refractivity contribution in [3.05, 3.63) is 50.1 Å². The van der Waals surface area contributed by atoms with Crippen LogP contribution in [0.25, 0.3) is 0 Å². The first kappa shape index (κ1) is 11.6. The summed E-state index contributed by atoms with van der Waals surface area (Å²) in [6.45, 7) is 0. The molecule has 1 aromatic heterocycles. The van der Waals surface area contributed by atoms with E-state index in [2.05, 4.69) is 21.2 Å². The fraction of sp³-hybridized carbons (Fsp3) is 0. The maximum absolute atomic E-state index is 11.8. The van der Waals surface area contributed by atoms with E-state index in [-0.39, 0.29) is 5.91 Å². The Hall–Kier alpha value is -0.840. The highest BCUT2D eigenvalue weighted by Crippen LogP contribution is 2.21. The van der Waals surface area contributed by atoms with Crippen LogP contribution >= 0.6 is 38.9 Å². The molecule has 0 saturated heterocycles. The van der Waals surface area contributed by atoms with Crippen molar-refractivity contribution in [3.63, 3.8) is 0 Å². The summed E-state index contributed by atoms with van der Waals surface area (Å²) in [5, 5.41) is 5.24. The molecule has 1 N–H and O–H groups in total. The molecule has 0 fully saturated rings. The molecule has 0 atom stereocenters. The van der Waals surface area contributed by atoms with E-state index < -0.39 is 0 Å². The number of anilines is 1. The van der Waals surface area contributed by atoms with Gasteiger partial charge in [0.1, 0.15) is 0 Å². The van der Waals surface area contributed by atoms with Crippen molar-refractivity contribution in [3.8, 4) is 0 Å². The Morgan fingerprint density at radius 1 is 1.31 bits per heavy atom. The quantitative estimate of drug-likeness (QED) is 0.873.